The number of hydrogen-bond donors (Lipinski definition) is 1. The first-order valence-corrected chi connectivity index (χ1v) is 9.60. The van der Waals surface area contributed by atoms with Gasteiger partial charge in [0.05, 0.1) is 26.2 Å². The smallest absolute Gasteiger partial charge is 0.329 e. The topological polar surface area (TPSA) is 90.9 Å². The minimum absolute atomic E-state index is 0.150. The summed E-state index contributed by atoms with van der Waals surface area (Å²) in [7, 11) is 2.93. The quantitative estimate of drug-likeness (QED) is 0.476. The molecule has 0 radical (unpaired) electrons. The molecular weight excluding hydrogens is 386 g/mol. The SMILES string of the molecule is COc1ccc(OC)c(C(=O)COC(=O)[C@@H](NC(=O)Cc2ccccc2)C(C)C)c1. The Morgan fingerprint density at radius 3 is 2.27 bits per heavy atom. The molecule has 2 aromatic carbocycles. The number of rotatable bonds is 10. The van der Waals surface area contributed by atoms with E-state index >= 15 is 0 Å². The van der Waals surface area contributed by atoms with Crippen molar-refractivity contribution in [2.45, 2.75) is 26.3 Å². The average Bonchev–Trinajstić information content (AvgIpc) is 2.75. The van der Waals surface area contributed by atoms with Gasteiger partial charge in [-0.3, -0.25) is 9.59 Å². The molecule has 0 aliphatic carbocycles. The van der Waals surface area contributed by atoms with Crippen molar-refractivity contribution in [1.29, 1.82) is 0 Å². The van der Waals surface area contributed by atoms with Crippen LogP contribution in [0.15, 0.2) is 48.5 Å². The highest BCUT2D eigenvalue weighted by atomic mass is 16.5. The maximum Gasteiger partial charge on any atom is 0.329 e. The van der Waals surface area contributed by atoms with Crippen LogP contribution in [0.1, 0.15) is 29.8 Å². The molecule has 2 rings (SSSR count). The number of esters is 1. The molecule has 0 unspecified atom stereocenters. The molecular formula is C23H27NO6. The molecule has 7 heteroatoms. The largest absolute Gasteiger partial charge is 0.497 e. The van der Waals surface area contributed by atoms with Crippen LogP contribution in [0.3, 0.4) is 0 Å². The normalized spacial score (nSPS) is 11.5. The third kappa shape index (κ3) is 6.34. The number of nitrogens with one attached hydrogen (secondary N) is 1. The summed E-state index contributed by atoms with van der Waals surface area (Å²) in [6.45, 7) is 3.11. The molecule has 30 heavy (non-hydrogen) atoms. The van der Waals surface area contributed by atoms with Crippen LogP contribution in [-0.2, 0) is 20.7 Å². The van der Waals surface area contributed by atoms with Gasteiger partial charge < -0.3 is 19.5 Å². The van der Waals surface area contributed by atoms with Crippen LogP contribution in [-0.4, -0.2) is 44.5 Å². The fourth-order valence-electron chi connectivity index (χ4n) is 2.84. The number of benzene rings is 2. The zero-order valence-corrected chi connectivity index (χ0v) is 17.6. The molecule has 0 aliphatic heterocycles. The van der Waals surface area contributed by atoms with E-state index in [9.17, 15) is 14.4 Å². The zero-order valence-electron chi connectivity index (χ0n) is 17.6. The standard InChI is InChI=1S/C23H27NO6/c1-15(2)22(24-21(26)12-16-8-6-5-7-9-16)23(27)30-14-19(25)18-13-17(28-3)10-11-20(18)29-4/h5-11,13,15,22H,12,14H2,1-4H3,(H,24,26)/t22-/m0/s1. The van der Waals surface area contributed by atoms with Gasteiger partial charge in [0, 0.05) is 0 Å². The van der Waals surface area contributed by atoms with Gasteiger partial charge in [0.15, 0.2) is 6.61 Å². The van der Waals surface area contributed by atoms with E-state index < -0.39 is 24.4 Å². The Balaban J connectivity index is 2.00. The number of carbonyl (C=O) groups is 3. The lowest BCUT2D eigenvalue weighted by Gasteiger charge is -2.21. The van der Waals surface area contributed by atoms with Gasteiger partial charge in [0.1, 0.15) is 17.5 Å². The van der Waals surface area contributed by atoms with Crippen LogP contribution in [0.4, 0.5) is 0 Å². The van der Waals surface area contributed by atoms with Crippen molar-refractivity contribution in [3.8, 4) is 11.5 Å². The Labute approximate surface area is 176 Å². The van der Waals surface area contributed by atoms with E-state index in [4.69, 9.17) is 14.2 Å². The van der Waals surface area contributed by atoms with Crippen LogP contribution in [0.2, 0.25) is 0 Å². The van der Waals surface area contributed by atoms with Crippen molar-refractivity contribution in [3.63, 3.8) is 0 Å². The molecule has 0 spiro atoms. The van der Waals surface area contributed by atoms with Gasteiger partial charge >= 0.3 is 5.97 Å². The molecule has 0 fully saturated rings. The molecule has 1 atom stereocenters. The van der Waals surface area contributed by atoms with Crippen LogP contribution in [0.5, 0.6) is 11.5 Å². The fraction of sp³-hybridized carbons (Fsp3) is 0.348. The third-order valence-corrected chi connectivity index (χ3v) is 4.50. The number of ketones is 1. The van der Waals surface area contributed by atoms with Gasteiger partial charge in [-0.05, 0) is 29.7 Å². The second kappa shape index (κ2) is 11.0. The molecule has 2 aromatic rings. The number of methoxy groups -OCH3 is 2. The molecule has 0 aromatic heterocycles. The van der Waals surface area contributed by atoms with Crippen molar-refractivity contribution >= 4 is 17.7 Å². The first kappa shape index (κ1) is 22.9. The van der Waals surface area contributed by atoms with Gasteiger partial charge in [-0.2, -0.15) is 0 Å². The van der Waals surface area contributed by atoms with Crippen molar-refractivity contribution in [2.75, 3.05) is 20.8 Å². The van der Waals surface area contributed by atoms with Crippen molar-refractivity contribution in [3.05, 3.63) is 59.7 Å². The highest BCUT2D eigenvalue weighted by Crippen LogP contribution is 2.24. The number of amides is 1. The highest BCUT2D eigenvalue weighted by Gasteiger charge is 2.27. The summed E-state index contributed by atoms with van der Waals surface area (Å²) in [4.78, 5) is 37.4. The molecule has 0 saturated carbocycles. The van der Waals surface area contributed by atoms with E-state index in [1.54, 1.807) is 26.0 Å². The van der Waals surface area contributed by atoms with Crippen molar-refractivity contribution in [2.24, 2.45) is 5.92 Å². The van der Waals surface area contributed by atoms with Crippen molar-refractivity contribution < 1.29 is 28.6 Å². The second-order valence-electron chi connectivity index (χ2n) is 7.05. The predicted octanol–water partition coefficient (Wildman–Crippen LogP) is 2.81. The lowest BCUT2D eigenvalue weighted by Crippen LogP contribution is -2.46. The van der Waals surface area contributed by atoms with E-state index in [1.165, 1.54) is 20.3 Å². The summed E-state index contributed by atoms with van der Waals surface area (Å²) in [5.41, 5.74) is 1.09. The van der Waals surface area contributed by atoms with E-state index in [1.807, 2.05) is 30.3 Å². The Morgan fingerprint density at radius 1 is 0.967 bits per heavy atom. The van der Waals surface area contributed by atoms with Gasteiger partial charge in [0.25, 0.3) is 0 Å². The third-order valence-electron chi connectivity index (χ3n) is 4.50. The van der Waals surface area contributed by atoms with E-state index in [2.05, 4.69) is 5.32 Å². The maximum absolute atomic E-state index is 12.6. The summed E-state index contributed by atoms with van der Waals surface area (Å²) in [6, 6.07) is 13.2. The number of hydrogen-bond acceptors (Lipinski definition) is 6. The van der Waals surface area contributed by atoms with E-state index in [0.29, 0.717) is 11.5 Å². The predicted molar refractivity (Wildman–Crippen MR) is 112 cm³/mol. The van der Waals surface area contributed by atoms with Crippen LogP contribution in [0.25, 0.3) is 0 Å². The Morgan fingerprint density at radius 2 is 1.67 bits per heavy atom. The molecule has 160 valence electrons. The lowest BCUT2D eigenvalue weighted by molar-refractivity contribution is -0.148. The Hall–Kier alpha value is -3.35. The molecule has 1 N–H and O–H groups in total. The fourth-order valence-corrected chi connectivity index (χ4v) is 2.84. The van der Waals surface area contributed by atoms with Gasteiger partial charge in [-0.1, -0.05) is 44.2 Å². The van der Waals surface area contributed by atoms with Gasteiger partial charge in [-0.15, -0.1) is 0 Å². The van der Waals surface area contributed by atoms with Crippen LogP contribution < -0.4 is 14.8 Å². The van der Waals surface area contributed by atoms with Crippen LogP contribution >= 0.6 is 0 Å². The van der Waals surface area contributed by atoms with Gasteiger partial charge in [-0.25, -0.2) is 4.79 Å². The summed E-state index contributed by atoms with van der Waals surface area (Å²) < 4.78 is 15.5. The Bertz CT molecular complexity index is 879. The van der Waals surface area contributed by atoms with Crippen molar-refractivity contribution in [1.82, 2.24) is 5.32 Å². The minimum Gasteiger partial charge on any atom is -0.497 e. The first-order chi connectivity index (χ1) is 14.3. The maximum atomic E-state index is 12.6. The summed E-state index contributed by atoms with van der Waals surface area (Å²) in [6.07, 6.45) is 0.150. The second-order valence-corrected chi connectivity index (χ2v) is 7.05. The summed E-state index contributed by atoms with van der Waals surface area (Å²) in [5, 5.41) is 2.70. The highest BCUT2D eigenvalue weighted by molar-refractivity contribution is 6.01. The molecule has 0 aliphatic rings. The first-order valence-electron chi connectivity index (χ1n) is 9.60. The summed E-state index contributed by atoms with van der Waals surface area (Å²) in [5.74, 6) is -0.762. The molecule has 0 bridgehead atoms. The zero-order chi connectivity index (χ0) is 22.1. The summed E-state index contributed by atoms with van der Waals surface area (Å²) >= 11 is 0. The van der Waals surface area contributed by atoms with Gasteiger partial charge in [0.2, 0.25) is 11.7 Å². The average molecular weight is 413 g/mol. The lowest BCUT2D eigenvalue weighted by atomic mass is 10.0. The van der Waals surface area contributed by atoms with E-state index in [0.717, 1.165) is 5.56 Å². The van der Waals surface area contributed by atoms with E-state index in [-0.39, 0.29) is 23.8 Å². The Kier molecular flexibility index (Phi) is 8.41. The number of ether oxygens (including phenoxy) is 3. The number of carbonyl (C=O) groups excluding carboxylic acids is 3. The monoisotopic (exact) mass is 413 g/mol. The molecule has 0 heterocycles. The molecule has 7 nitrogen and oxygen atoms in total. The molecule has 0 saturated heterocycles. The minimum atomic E-state index is -0.860. The van der Waals surface area contributed by atoms with Crippen LogP contribution in [0, 0.1) is 5.92 Å². The molecule has 1 amide bonds. The number of Topliss-reactive ketones (excluding diaryl/α,β-unsaturated/α-hetero) is 1.